The number of likely N-dealkylation sites (tertiary alicyclic amines) is 1. The quantitative estimate of drug-likeness (QED) is 0.361. The molecule has 0 atom stereocenters. The zero-order chi connectivity index (χ0) is 23.6. The van der Waals surface area contributed by atoms with Gasteiger partial charge < -0.3 is 26.0 Å². The van der Waals surface area contributed by atoms with Crippen LogP contribution in [-0.4, -0.2) is 64.8 Å². The van der Waals surface area contributed by atoms with Crippen LogP contribution in [-0.2, 0) is 17.9 Å². The lowest BCUT2D eigenvalue weighted by atomic mass is 10.1. The zero-order valence-electron chi connectivity index (χ0n) is 20.1. The predicted molar refractivity (Wildman–Crippen MR) is 134 cm³/mol. The van der Waals surface area contributed by atoms with Crippen molar-refractivity contribution in [2.24, 2.45) is 11.7 Å². The second kappa shape index (κ2) is 12.9. The smallest absolute Gasteiger partial charge is 0.349 e. The normalized spacial score (nSPS) is 17.2. The first-order valence-electron chi connectivity index (χ1n) is 12.7. The van der Waals surface area contributed by atoms with Crippen LogP contribution in [0.3, 0.4) is 0 Å². The molecule has 9 heteroatoms. The Labute approximate surface area is 202 Å². The van der Waals surface area contributed by atoms with Crippen LogP contribution in [0.4, 0.5) is 11.6 Å². The molecule has 0 spiro atoms. The average molecular weight is 470 g/mol. The number of anilines is 2. The Balaban J connectivity index is 1.13. The summed E-state index contributed by atoms with van der Waals surface area (Å²) in [5, 5.41) is 6.53. The number of piperidine rings is 1. The maximum absolute atomic E-state index is 12.4. The third kappa shape index (κ3) is 8.47. The van der Waals surface area contributed by atoms with E-state index in [1.54, 1.807) is 17.0 Å². The summed E-state index contributed by atoms with van der Waals surface area (Å²) < 4.78 is 7.37. The molecule has 2 aliphatic rings. The van der Waals surface area contributed by atoms with Crippen LogP contribution in [0.5, 0.6) is 0 Å². The predicted octanol–water partition coefficient (Wildman–Crippen LogP) is 2.10. The Kier molecular flexibility index (Phi) is 9.44. The van der Waals surface area contributed by atoms with E-state index < -0.39 is 0 Å². The van der Waals surface area contributed by atoms with Crippen molar-refractivity contribution in [1.29, 1.82) is 0 Å². The molecule has 1 saturated carbocycles. The van der Waals surface area contributed by atoms with E-state index in [2.05, 4.69) is 25.5 Å². The standard InChI is InChI=1S/C25H39N7O2/c26-22-7-13-31(14-8-22)11-1-2-12-32-15-9-24(30-25(32)33)29-23-6-5-21(18-28-23)19-34-16-10-27-17-20-3-4-20/h5-6,9,15,18,20,22,27H,1-4,7-8,10-14,16-17,19,26H2,(H,28,29,30,33). The molecule has 2 fully saturated rings. The van der Waals surface area contributed by atoms with Crippen LogP contribution < -0.4 is 22.1 Å². The number of unbranched alkanes of at least 4 members (excludes halogenated alkanes) is 1. The third-order valence-electron chi connectivity index (χ3n) is 6.53. The monoisotopic (exact) mass is 469 g/mol. The molecule has 1 aliphatic heterocycles. The highest BCUT2D eigenvalue weighted by Gasteiger charge is 2.20. The van der Waals surface area contributed by atoms with Gasteiger partial charge in [0.15, 0.2) is 0 Å². The molecule has 3 heterocycles. The first-order valence-corrected chi connectivity index (χ1v) is 12.7. The van der Waals surface area contributed by atoms with Gasteiger partial charge in [0.2, 0.25) is 0 Å². The number of hydrogen-bond acceptors (Lipinski definition) is 8. The molecule has 186 valence electrons. The minimum Gasteiger partial charge on any atom is -0.375 e. The number of hydrogen-bond donors (Lipinski definition) is 3. The summed E-state index contributed by atoms with van der Waals surface area (Å²) in [6.07, 6.45) is 10.5. The molecule has 2 aromatic rings. The number of rotatable bonds is 14. The lowest BCUT2D eigenvalue weighted by Crippen LogP contribution is -2.40. The molecule has 1 saturated heterocycles. The molecule has 2 aromatic heterocycles. The summed E-state index contributed by atoms with van der Waals surface area (Å²) in [6, 6.07) is 6.04. The van der Waals surface area contributed by atoms with E-state index in [4.69, 9.17) is 10.5 Å². The lowest BCUT2D eigenvalue weighted by molar-refractivity contribution is 0.122. The van der Waals surface area contributed by atoms with Gasteiger partial charge >= 0.3 is 5.69 Å². The molecule has 0 bridgehead atoms. The van der Waals surface area contributed by atoms with Gasteiger partial charge in [0.25, 0.3) is 0 Å². The minimum absolute atomic E-state index is 0.241. The number of aryl methyl sites for hydroxylation is 1. The highest BCUT2D eigenvalue weighted by atomic mass is 16.5. The number of nitrogens with two attached hydrogens (primary N) is 1. The van der Waals surface area contributed by atoms with E-state index in [0.717, 1.165) is 69.9 Å². The van der Waals surface area contributed by atoms with Crippen molar-refractivity contribution >= 4 is 11.6 Å². The average Bonchev–Trinajstić information content (AvgIpc) is 3.67. The van der Waals surface area contributed by atoms with Crippen LogP contribution in [0.15, 0.2) is 35.4 Å². The highest BCUT2D eigenvalue weighted by molar-refractivity contribution is 5.50. The minimum atomic E-state index is -0.241. The molecule has 0 unspecified atom stereocenters. The summed E-state index contributed by atoms with van der Waals surface area (Å²) in [5.41, 5.74) is 6.74. The lowest BCUT2D eigenvalue weighted by Gasteiger charge is -2.29. The van der Waals surface area contributed by atoms with Crippen molar-refractivity contribution in [3.63, 3.8) is 0 Å². The van der Waals surface area contributed by atoms with Gasteiger partial charge in [-0.1, -0.05) is 6.07 Å². The van der Waals surface area contributed by atoms with Crippen LogP contribution in [0, 0.1) is 5.92 Å². The van der Waals surface area contributed by atoms with Gasteiger partial charge in [0, 0.05) is 31.5 Å². The Morgan fingerprint density at radius 3 is 2.62 bits per heavy atom. The maximum Gasteiger partial charge on any atom is 0.349 e. The van der Waals surface area contributed by atoms with Gasteiger partial charge in [-0.25, -0.2) is 9.78 Å². The van der Waals surface area contributed by atoms with E-state index in [1.807, 2.05) is 18.2 Å². The van der Waals surface area contributed by atoms with Crippen molar-refractivity contribution in [3.05, 3.63) is 46.6 Å². The number of aromatic nitrogens is 3. The Morgan fingerprint density at radius 2 is 1.88 bits per heavy atom. The Morgan fingerprint density at radius 1 is 1.06 bits per heavy atom. The third-order valence-corrected chi connectivity index (χ3v) is 6.53. The van der Waals surface area contributed by atoms with Crippen molar-refractivity contribution in [1.82, 2.24) is 24.8 Å². The van der Waals surface area contributed by atoms with Gasteiger partial charge in [-0.15, -0.1) is 0 Å². The van der Waals surface area contributed by atoms with E-state index in [1.165, 1.54) is 12.8 Å². The van der Waals surface area contributed by atoms with Gasteiger partial charge in [-0.3, -0.25) is 4.57 Å². The van der Waals surface area contributed by atoms with E-state index in [0.29, 0.717) is 37.4 Å². The fraction of sp³-hybridized carbons (Fsp3) is 0.640. The molecule has 1 aliphatic carbocycles. The first kappa shape index (κ1) is 24.8. The van der Waals surface area contributed by atoms with Crippen LogP contribution in [0.25, 0.3) is 0 Å². The molecule has 0 aromatic carbocycles. The summed E-state index contributed by atoms with van der Waals surface area (Å²) in [7, 11) is 0. The highest BCUT2D eigenvalue weighted by Crippen LogP contribution is 2.27. The number of ether oxygens (including phenoxy) is 1. The number of nitrogens with zero attached hydrogens (tertiary/aromatic N) is 4. The first-order chi connectivity index (χ1) is 16.7. The molecular formula is C25H39N7O2. The van der Waals surface area contributed by atoms with Crippen LogP contribution in [0.2, 0.25) is 0 Å². The van der Waals surface area contributed by atoms with Crippen molar-refractivity contribution < 1.29 is 4.74 Å². The molecule has 4 rings (SSSR count). The van der Waals surface area contributed by atoms with Crippen molar-refractivity contribution in [2.45, 2.75) is 57.7 Å². The van der Waals surface area contributed by atoms with Crippen molar-refractivity contribution in [3.8, 4) is 0 Å². The SMILES string of the molecule is NC1CCN(CCCCn2ccc(Nc3ccc(COCCNCC4CC4)cn3)nc2=O)CC1. The summed E-state index contributed by atoms with van der Waals surface area (Å²) in [6.45, 7) is 7.15. The van der Waals surface area contributed by atoms with Crippen LogP contribution in [0.1, 0.15) is 44.1 Å². The van der Waals surface area contributed by atoms with E-state index in [9.17, 15) is 4.79 Å². The summed E-state index contributed by atoms with van der Waals surface area (Å²) in [4.78, 5) is 23.4. The second-order valence-electron chi connectivity index (χ2n) is 9.55. The fourth-order valence-corrected chi connectivity index (χ4v) is 4.14. The maximum atomic E-state index is 12.4. The fourth-order valence-electron chi connectivity index (χ4n) is 4.14. The largest absolute Gasteiger partial charge is 0.375 e. The van der Waals surface area contributed by atoms with Crippen LogP contribution >= 0.6 is 0 Å². The topological polar surface area (TPSA) is 110 Å². The molecule has 0 amide bonds. The number of nitrogens with one attached hydrogen (secondary N) is 2. The van der Waals surface area contributed by atoms with Gasteiger partial charge in [-0.2, -0.15) is 4.98 Å². The van der Waals surface area contributed by atoms with Gasteiger partial charge in [0.05, 0.1) is 13.2 Å². The summed E-state index contributed by atoms with van der Waals surface area (Å²) in [5.74, 6) is 2.05. The van der Waals surface area contributed by atoms with Gasteiger partial charge in [-0.05, 0) is 88.3 Å². The molecule has 4 N–H and O–H groups in total. The zero-order valence-corrected chi connectivity index (χ0v) is 20.1. The summed E-state index contributed by atoms with van der Waals surface area (Å²) >= 11 is 0. The molecule has 0 radical (unpaired) electrons. The second-order valence-corrected chi connectivity index (χ2v) is 9.55. The molecule has 34 heavy (non-hydrogen) atoms. The van der Waals surface area contributed by atoms with Gasteiger partial charge in [0.1, 0.15) is 11.6 Å². The Hall–Kier alpha value is -2.33. The van der Waals surface area contributed by atoms with Crippen molar-refractivity contribution in [2.75, 3.05) is 44.6 Å². The molecular weight excluding hydrogens is 430 g/mol. The Bertz CT molecular complexity index is 922. The van der Waals surface area contributed by atoms with E-state index >= 15 is 0 Å². The number of pyridine rings is 1. The molecule has 9 nitrogen and oxygen atoms in total. The van der Waals surface area contributed by atoms with E-state index in [-0.39, 0.29) is 5.69 Å².